The Bertz CT molecular complexity index is 408. The number of aliphatic carboxylic acids is 1. The highest BCUT2D eigenvalue weighted by atomic mass is 35.5. The van der Waals surface area contributed by atoms with Crippen molar-refractivity contribution in [2.45, 2.75) is 12.5 Å². The van der Waals surface area contributed by atoms with Gasteiger partial charge in [-0.05, 0) is 31.2 Å². The maximum absolute atomic E-state index is 10.9. The number of likely N-dealkylation sites (tertiary alicyclic amines) is 1. The zero-order chi connectivity index (χ0) is 11.7. The van der Waals surface area contributed by atoms with Gasteiger partial charge in [0.05, 0.1) is 5.92 Å². The molecule has 1 aliphatic rings. The van der Waals surface area contributed by atoms with Crippen LogP contribution in [0, 0.1) is 5.92 Å². The van der Waals surface area contributed by atoms with Crippen molar-refractivity contribution in [2.75, 3.05) is 13.6 Å². The van der Waals surface area contributed by atoms with Crippen LogP contribution in [0.5, 0.6) is 0 Å². The maximum Gasteiger partial charge on any atom is 0.307 e. The van der Waals surface area contributed by atoms with Crippen LogP contribution in [-0.4, -0.2) is 29.6 Å². The number of hydrogen-bond donors (Lipinski definition) is 1. The van der Waals surface area contributed by atoms with Crippen LogP contribution in [0.15, 0.2) is 24.3 Å². The first-order valence-corrected chi connectivity index (χ1v) is 5.64. The number of carboxylic acids is 1. The number of carbonyl (C=O) groups is 1. The minimum absolute atomic E-state index is 0.166. The maximum atomic E-state index is 10.9. The van der Waals surface area contributed by atoms with Crippen LogP contribution in [0.25, 0.3) is 0 Å². The summed E-state index contributed by atoms with van der Waals surface area (Å²) in [6.07, 6.45) is 0.659. The van der Waals surface area contributed by atoms with Crippen molar-refractivity contribution in [3.05, 3.63) is 34.9 Å². The minimum atomic E-state index is -0.712. The van der Waals surface area contributed by atoms with Gasteiger partial charge in [0.15, 0.2) is 0 Å². The third-order valence-corrected chi connectivity index (χ3v) is 3.37. The zero-order valence-corrected chi connectivity index (χ0v) is 9.81. The van der Waals surface area contributed by atoms with E-state index in [0.717, 1.165) is 5.56 Å². The summed E-state index contributed by atoms with van der Waals surface area (Å²) in [5, 5.41) is 9.70. The van der Waals surface area contributed by atoms with Gasteiger partial charge in [-0.3, -0.25) is 9.69 Å². The SMILES string of the molecule is CN1C[C@H](C(=O)O)C[C@@H]1c1cccc(Cl)c1. The largest absolute Gasteiger partial charge is 0.481 e. The molecule has 3 nitrogen and oxygen atoms in total. The Morgan fingerprint density at radius 3 is 2.88 bits per heavy atom. The number of carboxylic acid groups (broad SMARTS) is 1. The summed E-state index contributed by atoms with van der Waals surface area (Å²) in [7, 11) is 1.95. The predicted molar refractivity (Wildman–Crippen MR) is 62.6 cm³/mol. The Labute approximate surface area is 99.6 Å². The lowest BCUT2D eigenvalue weighted by atomic mass is 10.00. The minimum Gasteiger partial charge on any atom is -0.481 e. The molecule has 2 atom stereocenters. The molecule has 1 N–H and O–H groups in total. The van der Waals surface area contributed by atoms with Crippen LogP contribution in [0.3, 0.4) is 0 Å². The average Bonchev–Trinajstić information content (AvgIpc) is 2.60. The molecule has 0 spiro atoms. The fourth-order valence-corrected chi connectivity index (χ4v) is 2.48. The first-order valence-electron chi connectivity index (χ1n) is 5.26. The monoisotopic (exact) mass is 239 g/mol. The Kier molecular flexibility index (Phi) is 3.17. The second-order valence-corrected chi connectivity index (χ2v) is 4.72. The molecule has 86 valence electrons. The van der Waals surface area contributed by atoms with Gasteiger partial charge in [0.2, 0.25) is 0 Å². The molecular weight excluding hydrogens is 226 g/mol. The van der Waals surface area contributed by atoms with E-state index in [0.29, 0.717) is 18.0 Å². The molecule has 2 rings (SSSR count). The van der Waals surface area contributed by atoms with E-state index in [9.17, 15) is 4.79 Å². The third-order valence-electron chi connectivity index (χ3n) is 3.13. The summed E-state index contributed by atoms with van der Waals surface area (Å²) < 4.78 is 0. The Hall–Kier alpha value is -1.06. The smallest absolute Gasteiger partial charge is 0.307 e. The third kappa shape index (κ3) is 2.20. The summed E-state index contributed by atoms with van der Waals surface area (Å²) in [6, 6.07) is 7.80. The summed E-state index contributed by atoms with van der Waals surface area (Å²) in [6.45, 7) is 0.604. The number of rotatable bonds is 2. The molecule has 0 unspecified atom stereocenters. The highest BCUT2D eigenvalue weighted by Gasteiger charge is 2.34. The fraction of sp³-hybridized carbons (Fsp3) is 0.417. The predicted octanol–water partition coefficient (Wildman–Crippen LogP) is 2.42. The van der Waals surface area contributed by atoms with E-state index < -0.39 is 5.97 Å². The van der Waals surface area contributed by atoms with Crippen molar-refractivity contribution < 1.29 is 9.90 Å². The van der Waals surface area contributed by atoms with Crippen LogP contribution >= 0.6 is 11.6 Å². The second-order valence-electron chi connectivity index (χ2n) is 4.28. The molecule has 1 fully saturated rings. The zero-order valence-electron chi connectivity index (χ0n) is 9.06. The van der Waals surface area contributed by atoms with Crippen LogP contribution in [-0.2, 0) is 4.79 Å². The quantitative estimate of drug-likeness (QED) is 0.862. The lowest BCUT2D eigenvalue weighted by Crippen LogP contribution is -2.20. The molecule has 4 heteroatoms. The molecule has 0 saturated carbocycles. The Morgan fingerprint density at radius 1 is 1.56 bits per heavy atom. The summed E-state index contributed by atoms with van der Waals surface area (Å²) >= 11 is 5.94. The van der Waals surface area contributed by atoms with Gasteiger partial charge in [-0.15, -0.1) is 0 Å². The normalized spacial score (nSPS) is 25.9. The van der Waals surface area contributed by atoms with Crippen molar-refractivity contribution in [3.63, 3.8) is 0 Å². The van der Waals surface area contributed by atoms with Crippen molar-refractivity contribution in [1.29, 1.82) is 0 Å². The summed E-state index contributed by atoms with van der Waals surface area (Å²) in [5.74, 6) is -0.981. The molecule has 0 aromatic heterocycles. The molecule has 1 aromatic rings. The van der Waals surface area contributed by atoms with Gasteiger partial charge >= 0.3 is 5.97 Å². The van der Waals surface area contributed by atoms with Crippen LogP contribution in [0.2, 0.25) is 5.02 Å². The van der Waals surface area contributed by atoms with Gasteiger partial charge in [-0.2, -0.15) is 0 Å². The van der Waals surface area contributed by atoms with E-state index in [-0.39, 0.29) is 12.0 Å². The molecule has 16 heavy (non-hydrogen) atoms. The highest BCUT2D eigenvalue weighted by Crippen LogP contribution is 2.34. The highest BCUT2D eigenvalue weighted by molar-refractivity contribution is 6.30. The van der Waals surface area contributed by atoms with Crippen LogP contribution in [0.4, 0.5) is 0 Å². The van der Waals surface area contributed by atoms with Gasteiger partial charge in [-0.25, -0.2) is 0 Å². The first kappa shape index (κ1) is 11.4. The summed E-state index contributed by atoms with van der Waals surface area (Å²) in [4.78, 5) is 13.0. The first-order chi connectivity index (χ1) is 7.58. The molecule has 1 saturated heterocycles. The van der Waals surface area contributed by atoms with Crippen molar-refractivity contribution in [1.82, 2.24) is 4.90 Å². The molecule has 0 aliphatic carbocycles. The fourth-order valence-electron chi connectivity index (χ4n) is 2.28. The van der Waals surface area contributed by atoms with Crippen molar-refractivity contribution in [3.8, 4) is 0 Å². The molecule has 1 heterocycles. The van der Waals surface area contributed by atoms with Gasteiger partial charge in [0.1, 0.15) is 0 Å². The van der Waals surface area contributed by atoms with Gasteiger partial charge < -0.3 is 5.11 Å². The molecule has 1 aliphatic heterocycles. The van der Waals surface area contributed by atoms with Gasteiger partial charge in [-0.1, -0.05) is 23.7 Å². The van der Waals surface area contributed by atoms with E-state index >= 15 is 0 Å². The van der Waals surface area contributed by atoms with Crippen LogP contribution < -0.4 is 0 Å². The van der Waals surface area contributed by atoms with E-state index in [4.69, 9.17) is 16.7 Å². The second kappa shape index (κ2) is 4.44. The summed E-state index contributed by atoms with van der Waals surface area (Å²) in [5.41, 5.74) is 1.10. The molecule has 0 amide bonds. The van der Waals surface area contributed by atoms with Crippen LogP contribution in [0.1, 0.15) is 18.0 Å². The topological polar surface area (TPSA) is 40.5 Å². The lowest BCUT2D eigenvalue weighted by Gasteiger charge is -2.19. The van der Waals surface area contributed by atoms with Gasteiger partial charge in [0.25, 0.3) is 0 Å². The van der Waals surface area contributed by atoms with E-state index in [1.807, 2.05) is 31.3 Å². The van der Waals surface area contributed by atoms with Crippen molar-refractivity contribution >= 4 is 17.6 Å². The lowest BCUT2D eigenvalue weighted by molar-refractivity contribution is -0.141. The van der Waals surface area contributed by atoms with Gasteiger partial charge in [0, 0.05) is 17.6 Å². The molecular formula is C12H14ClNO2. The van der Waals surface area contributed by atoms with E-state index in [1.165, 1.54) is 0 Å². The number of nitrogens with zero attached hydrogens (tertiary/aromatic N) is 1. The number of benzene rings is 1. The Balaban J connectivity index is 2.19. The number of hydrogen-bond acceptors (Lipinski definition) is 2. The molecule has 0 radical (unpaired) electrons. The Morgan fingerprint density at radius 2 is 2.31 bits per heavy atom. The molecule has 0 bridgehead atoms. The number of halogens is 1. The molecule has 1 aromatic carbocycles. The van der Waals surface area contributed by atoms with E-state index in [2.05, 4.69) is 4.90 Å². The van der Waals surface area contributed by atoms with Crippen molar-refractivity contribution in [2.24, 2.45) is 5.92 Å². The average molecular weight is 240 g/mol. The standard InChI is InChI=1S/C12H14ClNO2/c1-14-7-9(12(15)16)6-11(14)8-3-2-4-10(13)5-8/h2-5,9,11H,6-7H2,1H3,(H,15,16)/t9-,11-/m1/s1. The van der Waals surface area contributed by atoms with E-state index in [1.54, 1.807) is 0 Å².